The Labute approximate surface area is 185 Å². The molecule has 0 aliphatic rings. The van der Waals surface area contributed by atoms with Crippen LogP contribution >= 0.6 is 0 Å². The van der Waals surface area contributed by atoms with Crippen LogP contribution in [0.3, 0.4) is 0 Å². The molecule has 8 heteroatoms. The largest absolute Gasteiger partial charge is 0.449 e. The normalized spacial score (nSPS) is 12.2. The average Bonchev–Trinajstić information content (AvgIpc) is 2.71. The van der Waals surface area contributed by atoms with Gasteiger partial charge in [0.15, 0.2) is 6.10 Å². The van der Waals surface area contributed by atoms with Crippen molar-refractivity contribution in [1.29, 1.82) is 0 Å². The number of aromatic nitrogens is 1. The molecular formula is C24H24FN3O4. The molecule has 0 saturated carbocycles. The summed E-state index contributed by atoms with van der Waals surface area (Å²) >= 11 is 0. The van der Waals surface area contributed by atoms with E-state index in [1.54, 1.807) is 57.2 Å². The molecule has 166 valence electrons. The number of hydrogen-bond donors (Lipinski definition) is 2. The summed E-state index contributed by atoms with van der Waals surface area (Å²) in [6, 6.07) is 13.6. The highest BCUT2D eigenvalue weighted by Crippen LogP contribution is 2.26. The van der Waals surface area contributed by atoms with Crippen molar-refractivity contribution in [3.8, 4) is 11.3 Å². The minimum atomic E-state index is -1.21. The molecule has 0 spiro atoms. The zero-order valence-corrected chi connectivity index (χ0v) is 18.2. The summed E-state index contributed by atoms with van der Waals surface area (Å²) in [5, 5.41) is 5.30. The second kappa shape index (κ2) is 9.13. The molecule has 0 aliphatic carbocycles. The smallest absolute Gasteiger partial charge is 0.339 e. The number of urea groups is 1. The molecule has 0 fully saturated rings. The van der Waals surface area contributed by atoms with Gasteiger partial charge in [0.2, 0.25) is 0 Å². The topological polar surface area (TPSA) is 97.4 Å². The highest BCUT2D eigenvalue weighted by Gasteiger charge is 2.24. The fraction of sp³-hybridized carbons (Fsp3) is 0.250. The van der Waals surface area contributed by atoms with Crippen molar-refractivity contribution in [2.24, 2.45) is 0 Å². The molecule has 1 atom stereocenters. The Morgan fingerprint density at radius 3 is 2.34 bits per heavy atom. The molecule has 3 rings (SSSR count). The number of imide groups is 1. The quantitative estimate of drug-likeness (QED) is 0.596. The van der Waals surface area contributed by atoms with E-state index in [2.05, 4.69) is 15.6 Å². The third kappa shape index (κ3) is 5.66. The summed E-state index contributed by atoms with van der Waals surface area (Å²) in [4.78, 5) is 41.7. The first kappa shape index (κ1) is 22.9. The Hall–Kier alpha value is -3.81. The molecule has 0 aliphatic heterocycles. The van der Waals surface area contributed by atoms with Crippen LogP contribution in [0, 0.1) is 5.82 Å². The summed E-state index contributed by atoms with van der Waals surface area (Å²) in [5.41, 5.74) is 1.29. The molecule has 1 unspecified atom stereocenters. The second-order valence-electron chi connectivity index (χ2n) is 8.32. The van der Waals surface area contributed by atoms with Crippen molar-refractivity contribution in [2.45, 2.75) is 39.3 Å². The number of pyridine rings is 1. The van der Waals surface area contributed by atoms with Crippen LogP contribution in [-0.4, -0.2) is 34.5 Å². The van der Waals surface area contributed by atoms with E-state index in [-0.39, 0.29) is 11.4 Å². The van der Waals surface area contributed by atoms with Crippen LogP contribution in [0.25, 0.3) is 22.2 Å². The maximum atomic E-state index is 13.3. The highest BCUT2D eigenvalue weighted by molar-refractivity contribution is 6.06. The molecule has 2 N–H and O–H groups in total. The van der Waals surface area contributed by atoms with E-state index in [1.165, 1.54) is 25.1 Å². The van der Waals surface area contributed by atoms with Crippen molar-refractivity contribution in [1.82, 2.24) is 15.6 Å². The minimum Gasteiger partial charge on any atom is -0.449 e. The lowest BCUT2D eigenvalue weighted by molar-refractivity contribution is -0.127. The van der Waals surface area contributed by atoms with Gasteiger partial charge in [0.25, 0.3) is 5.91 Å². The predicted octanol–water partition coefficient (Wildman–Crippen LogP) is 4.21. The number of carbonyl (C=O) groups excluding carboxylic acids is 3. The summed E-state index contributed by atoms with van der Waals surface area (Å²) < 4.78 is 18.6. The molecular weight excluding hydrogens is 413 g/mol. The Kier molecular flexibility index (Phi) is 6.53. The van der Waals surface area contributed by atoms with Crippen molar-refractivity contribution < 1.29 is 23.5 Å². The lowest BCUT2D eigenvalue weighted by Crippen LogP contribution is -2.50. The van der Waals surface area contributed by atoms with Crippen LogP contribution in [0.4, 0.5) is 9.18 Å². The van der Waals surface area contributed by atoms with Gasteiger partial charge in [0, 0.05) is 16.5 Å². The highest BCUT2D eigenvalue weighted by atomic mass is 19.1. The lowest BCUT2D eigenvalue weighted by atomic mass is 10.0. The number of carbonyl (C=O) groups is 3. The van der Waals surface area contributed by atoms with Crippen molar-refractivity contribution in [3.63, 3.8) is 0 Å². The second-order valence-corrected chi connectivity index (χ2v) is 8.32. The Morgan fingerprint density at radius 1 is 1.03 bits per heavy atom. The summed E-state index contributed by atoms with van der Waals surface area (Å²) in [6.07, 6.45) is -1.21. The van der Waals surface area contributed by atoms with Gasteiger partial charge in [0.1, 0.15) is 5.82 Å². The zero-order valence-electron chi connectivity index (χ0n) is 18.2. The maximum Gasteiger partial charge on any atom is 0.339 e. The first-order chi connectivity index (χ1) is 15.0. The van der Waals surface area contributed by atoms with E-state index in [4.69, 9.17) is 4.74 Å². The molecule has 3 aromatic rings. The van der Waals surface area contributed by atoms with E-state index in [0.29, 0.717) is 22.2 Å². The van der Waals surface area contributed by atoms with Crippen LogP contribution in [0.5, 0.6) is 0 Å². The Morgan fingerprint density at radius 2 is 1.69 bits per heavy atom. The number of halogens is 1. The van der Waals surface area contributed by atoms with E-state index in [1.807, 2.05) is 0 Å². The van der Waals surface area contributed by atoms with Crippen LogP contribution in [-0.2, 0) is 9.53 Å². The third-order valence-electron chi connectivity index (χ3n) is 4.45. The van der Waals surface area contributed by atoms with Gasteiger partial charge in [-0.15, -0.1) is 0 Å². The molecule has 32 heavy (non-hydrogen) atoms. The van der Waals surface area contributed by atoms with E-state index < -0.39 is 29.6 Å². The number of nitrogens with one attached hydrogen (secondary N) is 2. The lowest BCUT2D eigenvalue weighted by Gasteiger charge is -2.21. The van der Waals surface area contributed by atoms with Gasteiger partial charge in [-0.1, -0.05) is 18.2 Å². The van der Waals surface area contributed by atoms with E-state index in [0.717, 1.165) is 0 Å². The average molecular weight is 437 g/mol. The van der Waals surface area contributed by atoms with Gasteiger partial charge >= 0.3 is 12.0 Å². The van der Waals surface area contributed by atoms with E-state index in [9.17, 15) is 18.8 Å². The number of amides is 3. The SMILES string of the molecule is CC(OC(=O)c1cc(-c2ccc(F)cc2)nc2ccccc12)C(=O)NC(=O)NC(C)(C)C. The van der Waals surface area contributed by atoms with Crippen molar-refractivity contribution in [2.75, 3.05) is 0 Å². The predicted molar refractivity (Wildman–Crippen MR) is 118 cm³/mol. The molecule has 0 saturated heterocycles. The zero-order chi connectivity index (χ0) is 23.5. The van der Waals surface area contributed by atoms with Gasteiger partial charge < -0.3 is 10.1 Å². The number of rotatable bonds is 4. The molecule has 7 nitrogen and oxygen atoms in total. The fourth-order valence-corrected chi connectivity index (χ4v) is 2.98. The Balaban J connectivity index is 1.84. The maximum absolute atomic E-state index is 13.3. The van der Waals surface area contributed by atoms with Gasteiger partial charge in [-0.05, 0) is 64.1 Å². The third-order valence-corrected chi connectivity index (χ3v) is 4.45. The number of esters is 1. The monoisotopic (exact) mass is 437 g/mol. The number of ether oxygens (including phenoxy) is 1. The van der Waals surface area contributed by atoms with Gasteiger partial charge in [0.05, 0.1) is 16.8 Å². The van der Waals surface area contributed by atoms with Gasteiger partial charge in [-0.25, -0.2) is 19.0 Å². The number of benzene rings is 2. The summed E-state index contributed by atoms with van der Waals surface area (Å²) in [5.74, 6) is -1.88. The summed E-state index contributed by atoms with van der Waals surface area (Å²) in [6.45, 7) is 6.69. The molecule has 0 bridgehead atoms. The van der Waals surface area contributed by atoms with Crippen molar-refractivity contribution >= 4 is 28.8 Å². The van der Waals surface area contributed by atoms with Crippen LogP contribution in [0.1, 0.15) is 38.1 Å². The van der Waals surface area contributed by atoms with Crippen LogP contribution < -0.4 is 10.6 Å². The molecule has 1 aromatic heterocycles. The summed E-state index contributed by atoms with van der Waals surface area (Å²) in [7, 11) is 0. The Bertz CT molecular complexity index is 1170. The minimum absolute atomic E-state index is 0.203. The standard InChI is InChI=1S/C24H24FN3O4/c1-14(21(29)27-23(31)28-24(2,3)4)32-22(30)18-13-20(15-9-11-16(25)12-10-15)26-19-8-6-5-7-17(18)19/h5-14H,1-4H3,(H2,27,28,29,31). The van der Waals surface area contributed by atoms with Crippen LogP contribution in [0.15, 0.2) is 54.6 Å². The molecule has 3 amide bonds. The van der Waals surface area contributed by atoms with Gasteiger partial charge in [-0.3, -0.25) is 10.1 Å². The number of hydrogen-bond acceptors (Lipinski definition) is 5. The molecule has 1 heterocycles. The molecule has 2 aromatic carbocycles. The number of para-hydroxylation sites is 1. The first-order valence-electron chi connectivity index (χ1n) is 10.0. The fourth-order valence-electron chi connectivity index (χ4n) is 2.98. The van der Waals surface area contributed by atoms with Gasteiger partial charge in [-0.2, -0.15) is 0 Å². The number of fused-ring (bicyclic) bond motifs is 1. The number of nitrogens with zero attached hydrogens (tertiary/aromatic N) is 1. The van der Waals surface area contributed by atoms with Crippen LogP contribution in [0.2, 0.25) is 0 Å². The molecule has 0 radical (unpaired) electrons. The van der Waals surface area contributed by atoms with Crippen molar-refractivity contribution in [3.05, 3.63) is 66.0 Å². The first-order valence-corrected chi connectivity index (χ1v) is 10.0. The van der Waals surface area contributed by atoms with E-state index >= 15 is 0 Å².